The number of aryl methyl sites for hydroxylation is 2. The van der Waals surface area contributed by atoms with Gasteiger partial charge in [-0.05, 0) is 62.1 Å². The summed E-state index contributed by atoms with van der Waals surface area (Å²) in [4.78, 5) is 26.6. The van der Waals surface area contributed by atoms with E-state index >= 15 is 0 Å². The molecule has 1 heterocycles. The molecule has 5 nitrogen and oxygen atoms in total. The normalized spacial score (nSPS) is 14.0. The molecule has 0 saturated carbocycles. The van der Waals surface area contributed by atoms with Crippen molar-refractivity contribution in [1.29, 1.82) is 0 Å². The molecule has 0 radical (unpaired) electrons. The Morgan fingerprint density at radius 3 is 2.60 bits per heavy atom. The number of carbonyl (C=O) groups excluding carboxylic acids is 2. The number of rotatable bonds is 3. The first-order valence-corrected chi connectivity index (χ1v) is 8.50. The number of fused-ring (bicyclic) bond motifs is 1. The summed E-state index contributed by atoms with van der Waals surface area (Å²) in [6, 6.07) is 12.6. The van der Waals surface area contributed by atoms with Crippen LogP contribution in [0.5, 0.6) is 0 Å². The molecule has 3 amide bonds. The Labute approximate surface area is 148 Å². The van der Waals surface area contributed by atoms with Gasteiger partial charge < -0.3 is 15.5 Å². The largest absolute Gasteiger partial charge is 0.326 e. The fraction of sp³-hybridized carbons (Fsp3) is 0.300. The van der Waals surface area contributed by atoms with Crippen LogP contribution in [0.15, 0.2) is 42.5 Å². The zero-order valence-electron chi connectivity index (χ0n) is 14.8. The topological polar surface area (TPSA) is 61.4 Å². The van der Waals surface area contributed by atoms with Crippen molar-refractivity contribution in [3.8, 4) is 0 Å². The molecule has 2 aromatic carbocycles. The quantitative estimate of drug-likeness (QED) is 0.902. The standard InChI is InChI=1S/C20H23N3O2/c1-13-8-9-17(12-14(13)2)22-20(25)21-15(3)19(24)23-11-10-16-6-4-5-7-18(16)23/h4-9,12,15H,10-11H2,1-3H3,(H2,21,22,25)/t15-/m0/s1. The Morgan fingerprint density at radius 1 is 1.08 bits per heavy atom. The summed E-state index contributed by atoms with van der Waals surface area (Å²) in [7, 11) is 0. The Morgan fingerprint density at radius 2 is 1.84 bits per heavy atom. The van der Waals surface area contributed by atoms with Gasteiger partial charge in [-0.3, -0.25) is 4.79 Å². The maximum Gasteiger partial charge on any atom is 0.319 e. The number of anilines is 2. The van der Waals surface area contributed by atoms with Crippen LogP contribution >= 0.6 is 0 Å². The van der Waals surface area contributed by atoms with Gasteiger partial charge in [0.25, 0.3) is 0 Å². The SMILES string of the molecule is Cc1ccc(NC(=O)N[C@@H](C)C(=O)N2CCc3ccccc32)cc1C. The van der Waals surface area contributed by atoms with Gasteiger partial charge in [-0.25, -0.2) is 4.79 Å². The summed E-state index contributed by atoms with van der Waals surface area (Å²) in [5.41, 5.74) is 5.10. The van der Waals surface area contributed by atoms with Gasteiger partial charge in [0.2, 0.25) is 5.91 Å². The number of nitrogens with zero attached hydrogens (tertiary/aromatic N) is 1. The van der Waals surface area contributed by atoms with Crippen molar-refractivity contribution >= 4 is 23.3 Å². The van der Waals surface area contributed by atoms with Gasteiger partial charge in [0, 0.05) is 17.9 Å². The van der Waals surface area contributed by atoms with Crippen LogP contribution in [0.2, 0.25) is 0 Å². The third-order valence-corrected chi connectivity index (χ3v) is 4.64. The van der Waals surface area contributed by atoms with E-state index < -0.39 is 6.04 Å². The van der Waals surface area contributed by atoms with Crippen molar-refractivity contribution in [1.82, 2.24) is 5.32 Å². The summed E-state index contributed by atoms with van der Waals surface area (Å²) in [6.07, 6.45) is 0.851. The fourth-order valence-corrected chi connectivity index (χ4v) is 3.05. The van der Waals surface area contributed by atoms with E-state index in [9.17, 15) is 9.59 Å². The van der Waals surface area contributed by atoms with Crippen LogP contribution < -0.4 is 15.5 Å². The van der Waals surface area contributed by atoms with Gasteiger partial charge in [-0.1, -0.05) is 24.3 Å². The van der Waals surface area contributed by atoms with Gasteiger partial charge in [-0.15, -0.1) is 0 Å². The number of amides is 3. The fourth-order valence-electron chi connectivity index (χ4n) is 3.05. The van der Waals surface area contributed by atoms with Crippen LogP contribution in [0.3, 0.4) is 0 Å². The van der Waals surface area contributed by atoms with E-state index in [1.807, 2.05) is 56.3 Å². The summed E-state index contributed by atoms with van der Waals surface area (Å²) in [5, 5.41) is 5.51. The van der Waals surface area contributed by atoms with Gasteiger partial charge in [0.1, 0.15) is 6.04 Å². The van der Waals surface area contributed by atoms with Gasteiger partial charge >= 0.3 is 6.03 Å². The average molecular weight is 337 g/mol. The molecule has 1 aliphatic rings. The first-order valence-electron chi connectivity index (χ1n) is 8.50. The van der Waals surface area contributed by atoms with Gasteiger partial charge in [-0.2, -0.15) is 0 Å². The Bertz CT molecular complexity index is 816. The maximum absolute atomic E-state index is 12.7. The van der Waals surface area contributed by atoms with Crippen molar-refractivity contribution in [2.75, 3.05) is 16.8 Å². The van der Waals surface area contributed by atoms with Crippen molar-refractivity contribution < 1.29 is 9.59 Å². The van der Waals surface area contributed by atoms with E-state index in [1.54, 1.807) is 11.8 Å². The summed E-state index contributed by atoms with van der Waals surface area (Å²) >= 11 is 0. The Kier molecular flexibility index (Phi) is 4.74. The molecule has 0 fully saturated rings. The van der Waals surface area contributed by atoms with E-state index in [0.717, 1.165) is 17.7 Å². The number of hydrogen-bond donors (Lipinski definition) is 2. The zero-order valence-corrected chi connectivity index (χ0v) is 14.8. The minimum absolute atomic E-state index is 0.0970. The van der Waals surface area contributed by atoms with Gasteiger partial charge in [0.15, 0.2) is 0 Å². The highest BCUT2D eigenvalue weighted by atomic mass is 16.2. The van der Waals surface area contributed by atoms with Crippen molar-refractivity contribution in [2.45, 2.75) is 33.2 Å². The lowest BCUT2D eigenvalue weighted by atomic mass is 10.1. The van der Waals surface area contributed by atoms with E-state index in [-0.39, 0.29) is 11.9 Å². The predicted molar refractivity (Wildman–Crippen MR) is 100 cm³/mol. The lowest BCUT2D eigenvalue weighted by Crippen LogP contribution is -2.47. The second kappa shape index (κ2) is 6.97. The van der Waals surface area contributed by atoms with Crippen molar-refractivity contribution in [2.24, 2.45) is 0 Å². The molecule has 0 bridgehead atoms. The van der Waals surface area contributed by atoms with Gasteiger partial charge in [0.05, 0.1) is 0 Å². The zero-order chi connectivity index (χ0) is 18.0. The van der Waals surface area contributed by atoms with Crippen LogP contribution in [0.4, 0.5) is 16.2 Å². The molecule has 1 atom stereocenters. The molecule has 0 unspecified atom stereocenters. The maximum atomic E-state index is 12.7. The molecule has 25 heavy (non-hydrogen) atoms. The monoisotopic (exact) mass is 337 g/mol. The Balaban J connectivity index is 1.62. The highest BCUT2D eigenvalue weighted by molar-refractivity contribution is 6.01. The summed E-state index contributed by atoms with van der Waals surface area (Å²) in [5.74, 6) is -0.0970. The number of nitrogens with one attached hydrogen (secondary N) is 2. The molecule has 0 spiro atoms. The van der Waals surface area contributed by atoms with Crippen LogP contribution in [-0.2, 0) is 11.2 Å². The number of para-hydroxylation sites is 1. The van der Waals surface area contributed by atoms with E-state index in [1.165, 1.54) is 11.1 Å². The number of hydrogen-bond acceptors (Lipinski definition) is 2. The molecule has 0 saturated heterocycles. The smallest absolute Gasteiger partial charge is 0.319 e. The molecule has 1 aliphatic heterocycles. The third-order valence-electron chi connectivity index (χ3n) is 4.64. The summed E-state index contributed by atoms with van der Waals surface area (Å²) in [6.45, 7) is 6.38. The van der Waals surface area contributed by atoms with Crippen LogP contribution in [0.25, 0.3) is 0 Å². The molecular formula is C20H23N3O2. The third kappa shape index (κ3) is 3.65. The lowest BCUT2D eigenvalue weighted by Gasteiger charge is -2.22. The average Bonchev–Trinajstić information content (AvgIpc) is 3.01. The highest BCUT2D eigenvalue weighted by Crippen LogP contribution is 2.27. The minimum atomic E-state index is -0.599. The number of urea groups is 1. The van der Waals surface area contributed by atoms with E-state index in [4.69, 9.17) is 0 Å². The van der Waals surface area contributed by atoms with E-state index in [0.29, 0.717) is 12.2 Å². The Hall–Kier alpha value is -2.82. The highest BCUT2D eigenvalue weighted by Gasteiger charge is 2.28. The summed E-state index contributed by atoms with van der Waals surface area (Å²) < 4.78 is 0. The first-order chi connectivity index (χ1) is 12.0. The second-order valence-corrected chi connectivity index (χ2v) is 6.49. The molecular weight excluding hydrogens is 314 g/mol. The number of carbonyl (C=O) groups is 2. The van der Waals surface area contributed by atoms with Crippen LogP contribution in [-0.4, -0.2) is 24.5 Å². The predicted octanol–water partition coefficient (Wildman–Crippen LogP) is 3.40. The minimum Gasteiger partial charge on any atom is -0.326 e. The molecule has 0 aliphatic carbocycles. The molecule has 130 valence electrons. The molecule has 0 aromatic heterocycles. The molecule has 2 N–H and O–H groups in total. The first kappa shape index (κ1) is 17.0. The second-order valence-electron chi connectivity index (χ2n) is 6.49. The molecule has 3 rings (SSSR count). The van der Waals surface area contributed by atoms with Crippen LogP contribution in [0, 0.1) is 13.8 Å². The van der Waals surface area contributed by atoms with Crippen LogP contribution in [0.1, 0.15) is 23.6 Å². The lowest BCUT2D eigenvalue weighted by molar-refractivity contribution is -0.119. The van der Waals surface area contributed by atoms with Crippen molar-refractivity contribution in [3.63, 3.8) is 0 Å². The van der Waals surface area contributed by atoms with Crippen molar-refractivity contribution in [3.05, 3.63) is 59.2 Å². The molecule has 2 aromatic rings. The number of benzene rings is 2. The molecule has 5 heteroatoms. The van der Waals surface area contributed by atoms with E-state index in [2.05, 4.69) is 10.6 Å².